The van der Waals surface area contributed by atoms with Crippen LogP contribution in [0.15, 0.2) is 23.1 Å². The number of carbonyl (C=O) groups excluding carboxylic acids is 2. The number of halogens is 3. The van der Waals surface area contributed by atoms with Crippen molar-refractivity contribution < 1.29 is 27.5 Å². The van der Waals surface area contributed by atoms with Crippen LogP contribution in [-0.2, 0) is 13.1 Å². The quantitative estimate of drug-likeness (QED) is 0.605. The number of nitrogens with zero attached hydrogens (tertiary/aromatic N) is 2. The Balaban J connectivity index is 1.48. The van der Waals surface area contributed by atoms with Crippen LogP contribution in [0.4, 0.5) is 13.2 Å². The molecule has 3 atom stereocenters. The number of ether oxygens (including phenoxy) is 1. The first-order chi connectivity index (χ1) is 16.8. The highest BCUT2D eigenvalue weighted by molar-refractivity contribution is 5.99. The van der Waals surface area contributed by atoms with Gasteiger partial charge in [-0.25, -0.2) is 13.2 Å². The zero-order valence-electron chi connectivity index (χ0n) is 19.3. The van der Waals surface area contributed by atoms with Crippen LogP contribution < -0.4 is 15.5 Å². The van der Waals surface area contributed by atoms with Gasteiger partial charge in [0.1, 0.15) is 23.0 Å². The molecular formula is C25H26F3N3O4. The van der Waals surface area contributed by atoms with Crippen molar-refractivity contribution in [3.05, 3.63) is 62.8 Å². The average molecular weight is 489 g/mol. The van der Waals surface area contributed by atoms with Crippen molar-refractivity contribution in [1.29, 1.82) is 0 Å². The molecule has 1 aromatic carbocycles. The minimum Gasteiger partial charge on any atom is -0.487 e. The zero-order chi connectivity index (χ0) is 24.9. The second kappa shape index (κ2) is 9.05. The SMILES string of the molecule is CCCCOc1c2n(cc(C(=O)NCc3c(F)cc(F)cc3F)c1=O)C[C@H]1[C@@H]3CC[C@@H](C3)N1C2=O. The van der Waals surface area contributed by atoms with Gasteiger partial charge in [-0.05, 0) is 31.6 Å². The molecule has 2 aromatic rings. The molecule has 10 heteroatoms. The van der Waals surface area contributed by atoms with E-state index in [1.807, 2.05) is 11.8 Å². The van der Waals surface area contributed by atoms with E-state index < -0.39 is 40.9 Å². The first-order valence-corrected chi connectivity index (χ1v) is 11.9. The Bertz CT molecular complexity index is 1240. The topological polar surface area (TPSA) is 80.6 Å². The molecule has 186 valence electrons. The largest absolute Gasteiger partial charge is 0.487 e. The fourth-order valence-corrected chi connectivity index (χ4v) is 5.59. The predicted octanol–water partition coefficient (Wildman–Crippen LogP) is 3.38. The van der Waals surface area contributed by atoms with Crippen LogP contribution in [0, 0.1) is 23.4 Å². The highest BCUT2D eigenvalue weighted by atomic mass is 19.1. The Morgan fingerprint density at radius 1 is 1.17 bits per heavy atom. The van der Waals surface area contributed by atoms with E-state index in [4.69, 9.17) is 4.74 Å². The summed E-state index contributed by atoms with van der Waals surface area (Å²) < 4.78 is 48.5. The summed E-state index contributed by atoms with van der Waals surface area (Å²) in [7, 11) is 0. The first-order valence-electron chi connectivity index (χ1n) is 11.9. The van der Waals surface area contributed by atoms with Crippen LogP contribution in [-0.4, -0.2) is 40.0 Å². The van der Waals surface area contributed by atoms with Crippen molar-refractivity contribution in [2.24, 2.45) is 5.92 Å². The number of aromatic nitrogens is 1. The Labute approximate surface area is 199 Å². The molecule has 0 unspecified atom stereocenters. The Morgan fingerprint density at radius 2 is 1.91 bits per heavy atom. The number of carbonyl (C=O) groups is 2. The number of fused-ring (bicyclic) bond motifs is 6. The normalized spacial score (nSPS) is 22.2. The standard InChI is InChI=1S/C25H26F3N3O4/c1-2-3-6-35-23-21-25(34)31-15-5-4-13(7-15)20(31)12-30(21)11-17(22(23)32)24(33)29-10-16-18(27)8-14(26)9-19(16)28/h8-9,11,13,15,20H,2-7,10,12H2,1H3,(H,29,33)/t13-,15+,20+/m1/s1. The maximum atomic E-state index is 14.0. The lowest BCUT2D eigenvalue weighted by molar-refractivity contribution is 0.0479. The number of hydrogen-bond acceptors (Lipinski definition) is 4. The molecule has 1 aromatic heterocycles. The van der Waals surface area contributed by atoms with E-state index in [1.165, 1.54) is 6.20 Å². The Morgan fingerprint density at radius 3 is 2.63 bits per heavy atom. The molecular weight excluding hydrogens is 463 g/mol. The van der Waals surface area contributed by atoms with E-state index >= 15 is 0 Å². The molecule has 0 radical (unpaired) electrons. The second-order valence-corrected chi connectivity index (χ2v) is 9.44. The lowest BCUT2D eigenvalue weighted by atomic mass is 9.95. The van der Waals surface area contributed by atoms with Gasteiger partial charge in [0, 0.05) is 43.0 Å². The second-order valence-electron chi connectivity index (χ2n) is 9.44. The molecule has 7 nitrogen and oxygen atoms in total. The monoisotopic (exact) mass is 489 g/mol. The lowest BCUT2D eigenvalue weighted by Crippen LogP contribution is -2.52. The number of unbranched alkanes of at least 4 members (excludes halogenated alkanes) is 1. The third-order valence-corrected chi connectivity index (χ3v) is 7.32. The smallest absolute Gasteiger partial charge is 0.275 e. The maximum Gasteiger partial charge on any atom is 0.275 e. The van der Waals surface area contributed by atoms with E-state index in [0.717, 1.165) is 25.7 Å². The van der Waals surface area contributed by atoms with Gasteiger partial charge in [-0.1, -0.05) is 13.3 Å². The van der Waals surface area contributed by atoms with E-state index in [-0.39, 0.29) is 41.6 Å². The summed E-state index contributed by atoms with van der Waals surface area (Å²) in [6.07, 6.45) is 5.71. The number of pyridine rings is 1. The number of nitrogens with one attached hydrogen (secondary N) is 1. The molecule has 2 fully saturated rings. The minimum atomic E-state index is -1.14. The molecule has 5 rings (SSSR count). The average Bonchev–Trinajstić information content (AvgIpc) is 3.42. The number of rotatable bonds is 7. The van der Waals surface area contributed by atoms with Gasteiger partial charge in [-0.3, -0.25) is 14.4 Å². The summed E-state index contributed by atoms with van der Waals surface area (Å²) in [6, 6.07) is 1.20. The summed E-state index contributed by atoms with van der Waals surface area (Å²) >= 11 is 0. The van der Waals surface area contributed by atoms with Gasteiger partial charge in [0.05, 0.1) is 12.6 Å². The molecule has 1 saturated carbocycles. The van der Waals surface area contributed by atoms with Gasteiger partial charge in [-0.2, -0.15) is 0 Å². The van der Waals surface area contributed by atoms with E-state index in [1.54, 1.807) is 4.57 Å². The summed E-state index contributed by atoms with van der Waals surface area (Å²) in [6.45, 7) is 2.02. The Kier molecular flexibility index (Phi) is 6.06. The van der Waals surface area contributed by atoms with Gasteiger partial charge < -0.3 is 19.5 Å². The van der Waals surface area contributed by atoms with Crippen LogP contribution in [0.25, 0.3) is 0 Å². The van der Waals surface area contributed by atoms with Crippen molar-refractivity contribution in [2.45, 2.75) is 64.2 Å². The van der Waals surface area contributed by atoms with Gasteiger partial charge >= 0.3 is 0 Å². The third kappa shape index (κ3) is 3.98. The van der Waals surface area contributed by atoms with Crippen molar-refractivity contribution in [2.75, 3.05) is 6.61 Å². The van der Waals surface area contributed by atoms with Gasteiger partial charge in [-0.15, -0.1) is 0 Å². The molecule has 35 heavy (non-hydrogen) atoms. The summed E-state index contributed by atoms with van der Waals surface area (Å²) in [4.78, 5) is 41.6. The number of benzene rings is 1. The van der Waals surface area contributed by atoms with Crippen molar-refractivity contribution >= 4 is 11.8 Å². The Hall–Kier alpha value is -3.30. The summed E-state index contributed by atoms with van der Waals surface area (Å²) in [5.41, 5.74) is -1.42. The lowest BCUT2D eigenvalue weighted by Gasteiger charge is -2.40. The fraction of sp³-hybridized carbons (Fsp3) is 0.480. The van der Waals surface area contributed by atoms with Crippen LogP contribution in [0.5, 0.6) is 5.75 Å². The molecule has 2 bridgehead atoms. The summed E-state index contributed by atoms with van der Waals surface area (Å²) in [5.74, 6) is -4.28. The van der Waals surface area contributed by atoms with E-state index in [0.29, 0.717) is 31.0 Å². The van der Waals surface area contributed by atoms with Crippen LogP contribution in [0.3, 0.4) is 0 Å². The van der Waals surface area contributed by atoms with Crippen molar-refractivity contribution in [3.63, 3.8) is 0 Å². The zero-order valence-corrected chi connectivity index (χ0v) is 19.3. The van der Waals surface area contributed by atoms with Crippen LogP contribution in [0.1, 0.15) is 65.4 Å². The number of hydrogen-bond donors (Lipinski definition) is 1. The number of piperidine rings is 1. The van der Waals surface area contributed by atoms with E-state index in [2.05, 4.69) is 5.32 Å². The molecule has 2 amide bonds. The molecule has 2 aliphatic heterocycles. The first kappa shape index (κ1) is 23.4. The number of amides is 2. The fourth-order valence-electron chi connectivity index (χ4n) is 5.59. The molecule has 1 aliphatic carbocycles. The minimum absolute atomic E-state index is 0.00179. The highest BCUT2D eigenvalue weighted by Gasteiger charge is 2.51. The van der Waals surface area contributed by atoms with E-state index in [9.17, 15) is 27.6 Å². The van der Waals surface area contributed by atoms with Crippen LogP contribution in [0.2, 0.25) is 0 Å². The highest BCUT2D eigenvalue weighted by Crippen LogP contribution is 2.46. The summed E-state index contributed by atoms with van der Waals surface area (Å²) in [5, 5.41) is 2.34. The van der Waals surface area contributed by atoms with Gasteiger partial charge in [0.25, 0.3) is 11.8 Å². The molecule has 3 aliphatic rings. The van der Waals surface area contributed by atoms with Gasteiger partial charge in [0.15, 0.2) is 11.4 Å². The van der Waals surface area contributed by atoms with Crippen molar-refractivity contribution in [1.82, 2.24) is 14.8 Å². The molecule has 0 spiro atoms. The molecule has 1 N–H and O–H groups in total. The molecule has 3 heterocycles. The van der Waals surface area contributed by atoms with Crippen molar-refractivity contribution in [3.8, 4) is 5.75 Å². The molecule has 1 saturated heterocycles. The third-order valence-electron chi connectivity index (χ3n) is 7.32. The predicted molar refractivity (Wildman–Crippen MR) is 120 cm³/mol. The van der Waals surface area contributed by atoms with Gasteiger partial charge in [0.2, 0.25) is 5.43 Å². The van der Waals surface area contributed by atoms with Crippen LogP contribution >= 0.6 is 0 Å². The maximum absolute atomic E-state index is 14.0.